The van der Waals surface area contributed by atoms with Crippen LogP contribution in [0.4, 0.5) is 0 Å². The Balaban J connectivity index is 1.52. The number of likely N-dealkylation sites (tertiary alicyclic amines) is 1. The van der Waals surface area contributed by atoms with Gasteiger partial charge in [-0.15, -0.1) is 0 Å². The average molecular weight is 364 g/mol. The van der Waals surface area contributed by atoms with Crippen LogP contribution in [0.1, 0.15) is 48.2 Å². The third kappa shape index (κ3) is 5.29. The molecule has 142 valence electrons. The van der Waals surface area contributed by atoms with Gasteiger partial charge in [-0.25, -0.2) is 0 Å². The van der Waals surface area contributed by atoms with E-state index < -0.39 is 0 Å². The van der Waals surface area contributed by atoms with E-state index in [1.807, 2.05) is 47.4 Å². The molecule has 1 fully saturated rings. The minimum absolute atomic E-state index is 0.0294. The van der Waals surface area contributed by atoms with E-state index in [0.29, 0.717) is 25.4 Å². The van der Waals surface area contributed by atoms with Crippen molar-refractivity contribution in [1.82, 2.24) is 4.90 Å². The average Bonchev–Trinajstić information content (AvgIpc) is 2.68. The highest BCUT2D eigenvalue weighted by Crippen LogP contribution is 2.23. The van der Waals surface area contributed by atoms with E-state index in [0.717, 1.165) is 30.4 Å². The molecule has 1 saturated heterocycles. The van der Waals surface area contributed by atoms with Gasteiger partial charge in [0.05, 0.1) is 6.42 Å². The highest BCUT2D eigenvalue weighted by Gasteiger charge is 2.27. The number of carbonyl (C=O) groups is 2. The molecule has 3 nitrogen and oxygen atoms in total. The normalized spacial score (nSPS) is 15.1. The molecule has 1 heterocycles. The Hall–Kier alpha value is -2.42. The maximum atomic E-state index is 12.8. The Bertz CT molecular complexity index is 757. The van der Waals surface area contributed by atoms with Crippen molar-refractivity contribution in [1.29, 1.82) is 0 Å². The largest absolute Gasteiger partial charge is 0.342 e. The molecule has 3 heteroatoms. The Morgan fingerprint density at radius 2 is 1.56 bits per heavy atom. The number of ketones is 1. The number of benzene rings is 2. The summed E-state index contributed by atoms with van der Waals surface area (Å²) in [5.41, 5.74) is 3.13. The zero-order valence-corrected chi connectivity index (χ0v) is 16.4. The lowest BCUT2D eigenvalue weighted by Crippen LogP contribution is -2.41. The van der Waals surface area contributed by atoms with Gasteiger partial charge in [0.1, 0.15) is 0 Å². The predicted octanol–water partition coefficient (Wildman–Crippen LogP) is 4.55. The van der Waals surface area contributed by atoms with Crippen LogP contribution >= 0.6 is 0 Å². The molecule has 0 bridgehead atoms. The number of nitrogens with zero attached hydrogens (tertiary/aromatic N) is 1. The fourth-order valence-corrected chi connectivity index (χ4v) is 3.79. The van der Waals surface area contributed by atoms with Crippen molar-refractivity contribution in [2.75, 3.05) is 13.1 Å². The van der Waals surface area contributed by atoms with E-state index in [1.54, 1.807) is 0 Å². The second kappa shape index (κ2) is 8.98. The molecule has 2 aromatic carbocycles. The monoisotopic (exact) mass is 363 g/mol. The molecule has 0 radical (unpaired) electrons. The van der Waals surface area contributed by atoms with Crippen LogP contribution in [0.5, 0.6) is 0 Å². The maximum absolute atomic E-state index is 12.8. The van der Waals surface area contributed by atoms with Gasteiger partial charge in [-0.05, 0) is 36.3 Å². The quantitative estimate of drug-likeness (QED) is 0.706. The maximum Gasteiger partial charge on any atom is 0.226 e. The van der Waals surface area contributed by atoms with Gasteiger partial charge in [0.2, 0.25) is 5.91 Å². The number of amides is 1. The summed E-state index contributed by atoms with van der Waals surface area (Å²) in [6.45, 7) is 5.75. The van der Waals surface area contributed by atoms with E-state index in [-0.39, 0.29) is 17.6 Å². The van der Waals surface area contributed by atoms with Gasteiger partial charge in [-0.1, -0.05) is 68.4 Å². The third-order valence-electron chi connectivity index (χ3n) is 5.30. The van der Waals surface area contributed by atoms with Crippen molar-refractivity contribution in [2.24, 2.45) is 11.8 Å². The molecule has 3 rings (SSSR count). The number of piperidine rings is 1. The van der Waals surface area contributed by atoms with Crippen LogP contribution in [0.15, 0.2) is 54.6 Å². The molecular formula is C24H29NO2. The lowest BCUT2D eigenvalue weighted by molar-refractivity contribution is -0.131. The Labute approximate surface area is 162 Å². The molecule has 0 N–H and O–H groups in total. The van der Waals surface area contributed by atoms with Crippen LogP contribution in [0.25, 0.3) is 0 Å². The SMILES string of the molecule is CC(C)Cc1ccc(C(=O)C2CCN(C(=O)Cc3ccccc3)CC2)cc1. The van der Waals surface area contributed by atoms with E-state index in [1.165, 1.54) is 5.56 Å². The molecule has 0 saturated carbocycles. The van der Waals surface area contributed by atoms with Crippen LogP contribution in [-0.2, 0) is 17.6 Å². The minimum atomic E-state index is 0.0294. The fraction of sp³-hybridized carbons (Fsp3) is 0.417. The standard InChI is InChI=1S/C24H29NO2/c1-18(2)16-20-8-10-21(11-9-20)24(27)22-12-14-25(15-13-22)23(26)17-19-6-4-3-5-7-19/h3-11,18,22H,12-17H2,1-2H3. The third-order valence-corrected chi connectivity index (χ3v) is 5.30. The molecule has 2 aromatic rings. The Kier molecular flexibility index (Phi) is 6.44. The summed E-state index contributed by atoms with van der Waals surface area (Å²) < 4.78 is 0. The molecule has 1 amide bonds. The van der Waals surface area contributed by atoms with Gasteiger partial charge in [-0.2, -0.15) is 0 Å². The molecule has 0 atom stereocenters. The topological polar surface area (TPSA) is 37.4 Å². The van der Waals surface area contributed by atoms with Crippen molar-refractivity contribution < 1.29 is 9.59 Å². The molecule has 1 aliphatic heterocycles. The Morgan fingerprint density at radius 3 is 2.15 bits per heavy atom. The van der Waals surface area contributed by atoms with E-state index in [2.05, 4.69) is 26.0 Å². The van der Waals surface area contributed by atoms with E-state index in [4.69, 9.17) is 0 Å². The van der Waals surface area contributed by atoms with Crippen LogP contribution in [0, 0.1) is 11.8 Å². The van der Waals surface area contributed by atoms with E-state index >= 15 is 0 Å². The van der Waals surface area contributed by atoms with Gasteiger partial charge >= 0.3 is 0 Å². The molecule has 0 aromatic heterocycles. The van der Waals surface area contributed by atoms with Gasteiger partial charge in [-0.3, -0.25) is 9.59 Å². The molecular weight excluding hydrogens is 334 g/mol. The number of hydrogen-bond donors (Lipinski definition) is 0. The summed E-state index contributed by atoms with van der Waals surface area (Å²) >= 11 is 0. The van der Waals surface area contributed by atoms with Crippen LogP contribution < -0.4 is 0 Å². The Morgan fingerprint density at radius 1 is 0.926 bits per heavy atom. The highest BCUT2D eigenvalue weighted by molar-refractivity contribution is 5.98. The van der Waals surface area contributed by atoms with Gasteiger partial charge in [0.25, 0.3) is 0 Å². The summed E-state index contributed by atoms with van der Waals surface area (Å²) in [5.74, 6) is 1.03. The number of carbonyl (C=O) groups excluding carboxylic acids is 2. The second-order valence-electron chi connectivity index (χ2n) is 7.98. The lowest BCUT2D eigenvalue weighted by atomic mass is 9.88. The van der Waals surface area contributed by atoms with Crippen molar-refractivity contribution in [2.45, 2.75) is 39.5 Å². The first-order valence-electron chi connectivity index (χ1n) is 9.98. The number of hydrogen-bond acceptors (Lipinski definition) is 2. The van der Waals surface area contributed by atoms with Crippen molar-refractivity contribution in [3.05, 3.63) is 71.3 Å². The number of Topliss-reactive ketones (excluding diaryl/α,β-unsaturated/α-hetero) is 1. The van der Waals surface area contributed by atoms with Gasteiger partial charge in [0, 0.05) is 24.6 Å². The summed E-state index contributed by atoms with van der Waals surface area (Å²) in [5, 5.41) is 0. The molecule has 0 unspecified atom stereocenters. The summed E-state index contributed by atoms with van der Waals surface area (Å²) in [4.78, 5) is 27.2. The molecule has 0 spiro atoms. The zero-order chi connectivity index (χ0) is 19.2. The fourth-order valence-electron chi connectivity index (χ4n) is 3.79. The summed E-state index contributed by atoms with van der Waals surface area (Å²) in [7, 11) is 0. The first-order valence-corrected chi connectivity index (χ1v) is 9.98. The van der Waals surface area contributed by atoms with Crippen molar-refractivity contribution in [3.63, 3.8) is 0 Å². The van der Waals surface area contributed by atoms with Crippen LogP contribution in [-0.4, -0.2) is 29.7 Å². The molecule has 0 aliphatic carbocycles. The van der Waals surface area contributed by atoms with Gasteiger partial charge < -0.3 is 4.90 Å². The van der Waals surface area contributed by atoms with Crippen LogP contribution in [0.2, 0.25) is 0 Å². The lowest BCUT2D eigenvalue weighted by Gasteiger charge is -2.31. The summed E-state index contributed by atoms with van der Waals surface area (Å²) in [6, 6.07) is 17.9. The van der Waals surface area contributed by atoms with E-state index in [9.17, 15) is 9.59 Å². The minimum Gasteiger partial charge on any atom is -0.342 e. The first kappa shape index (κ1) is 19.3. The number of rotatable bonds is 6. The molecule has 27 heavy (non-hydrogen) atoms. The zero-order valence-electron chi connectivity index (χ0n) is 16.4. The van der Waals surface area contributed by atoms with Crippen molar-refractivity contribution in [3.8, 4) is 0 Å². The van der Waals surface area contributed by atoms with Gasteiger partial charge in [0.15, 0.2) is 5.78 Å². The highest BCUT2D eigenvalue weighted by atomic mass is 16.2. The first-order chi connectivity index (χ1) is 13.0. The predicted molar refractivity (Wildman–Crippen MR) is 109 cm³/mol. The molecule has 1 aliphatic rings. The van der Waals surface area contributed by atoms with Crippen molar-refractivity contribution >= 4 is 11.7 Å². The van der Waals surface area contributed by atoms with Crippen LogP contribution in [0.3, 0.4) is 0 Å². The summed E-state index contributed by atoms with van der Waals surface area (Å²) in [6.07, 6.45) is 2.99. The smallest absolute Gasteiger partial charge is 0.226 e. The second-order valence-corrected chi connectivity index (χ2v) is 7.98.